The highest BCUT2D eigenvalue weighted by Crippen LogP contribution is 2.34. The summed E-state index contributed by atoms with van der Waals surface area (Å²) in [6.45, 7) is 13.3. The molecule has 1 aliphatic carbocycles. The van der Waals surface area contributed by atoms with Crippen LogP contribution in [-0.2, 0) is 19.2 Å². The standard InChI is InChI=1S/C34H51N5O6/c1-19(2)23-16-17-39(26(23)31(43)36-24(28(41)30(35)42)18-21-12-11-13-21)32(44)29(34(5,6)7)38-33(45)37-25(20(3)4)27(40)22-14-9-8-10-15-22/h8-10,14-15,19-21,23-26,29H,11-13,16-18H2,1-7H3,(H2,35,42)(H,36,43)(H2,37,38,45)/t23?,24?,25-,26-,29+/m0/s1. The molecular formula is C34H51N5O6. The number of hydrogen-bond acceptors (Lipinski definition) is 6. The predicted molar refractivity (Wildman–Crippen MR) is 171 cm³/mol. The first-order valence-electron chi connectivity index (χ1n) is 16.1. The molecule has 1 aromatic carbocycles. The van der Waals surface area contributed by atoms with Crippen LogP contribution in [0.4, 0.5) is 4.79 Å². The summed E-state index contributed by atoms with van der Waals surface area (Å²) in [6, 6.07) is 4.22. The van der Waals surface area contributed by atoms with E-state index in [1.165, 1.54) is 4.90 Å². The molecule has 1 saturated heterocycles. The maximum atomic E-state index is 14.2. The van der Waals surface area contributed by atoms with Crippen molar-refractivity contribution in [1.29, 1.82) is 0 Å². The van der Waals surface area contributed by atoms with Crippen molar-refractivity contribution in [3.63, 3.8) is 0 Å². The van der Waals surface area contributed by atoms with Crippen molar-refractivity contribution in [1.82, 2.24) is 20.9 Å². The Morgan fingerprint density at radius 2 is 1.53 bits per heavy atom. The minimum absolute atomic E-state index is 0.0376. The molecule has 0 bridgehead atoms. The number of nitrogens with two attached hydrogens (primary N) is 1. The third-order valence-corrected chi connectivity index (χ3v) is 9.20. The summed E-state index contributed by atoms with van der Waals surface area (Å²) < 4.78 is 0. The average Bonchev–Trinajstić information content (AvgIpc) is 3.40. The number of amides is 5. The highest BCUT2D eigenvalue weighted by molar-refractivity contribution is 6.37. The number of nitrogens with one attached hydrogen (secondary N) is 3. The van der Waals surface area contributed by atoms with Gasteiger partial charge in [0.05, 0.1) is 12.1 Å². The third kappa shape index (κ3) is 8.92. The molecule has 11 heteroatoms. The summed E-state index contributed by atoms with van der Waals surface area (Å²) in [4.78, 5) is 80.7. The van der Waals surface area contributed by atoms with Crippen LogP contribution in [0.3, 0.4) is 0 Å². The van der Waals surface area contributed by atoms with Crippen LogP contribution in [0.15, 0.2) is 30.3 Å². The molecule has 5 amide bonds. The van der Waals surface area contributed by atoms with Crippen molar-refractivity contribution in [2.45, 2.75) is 105 Å². The molecule has 2 unspecified atom stereocenters. The van der Waals surface area contributed by atoms with Crippen molar-refractivity contribution >= 4 is 35.3 Å². The van der Waals surface area contributed by atoms with Gasteiger partial charge in [0, 0.05) is 12.1 Å². The van der Waals surface area contributed by atoms with Crippen molar-refractivity contribution in [2.24, 2.45) is 34.8 Å². The number of Topliss-reactive ketones (excluding diaryl/α,β-unsaturated/α-hetero) is 2. The minimum Gasteiger partial charge on any atom is -0.363 e. The molecule has 0 radical (unpaired) electrons. The van der Waals surface area contributed by atoms with Crippen LogP contribution < -0.4 is 21.7 Å². The van der Waals surface area contributed by atoms with E-state index in [0.717, 1.165) is 19.3 Å². The molecule has 1 heterocycles. The van der Waals surface area contributed by atoms with Crippen LogP contribution in [-0.4, -0.2) is 70.9 Å². The monoisotopic (exact) mass is 625 g/mol. The van der Waals surface area contributed by atoms with Crippen molar-refractivity contribution in [3.8, 4) is 0 Å². The van der Waals surface area contributed by atoms with Gasteiger partial charge in [0.2, 0.25) is 17.6 Å². The Kier molecular flexibility index (Phi) is 11.9. The molecule has 45 heavy (non-hydrogen) atoms. The lowest BCUT2D eigenvalue weighted by Crippen LogP contribution is -2.62. The van der Waals surface area contributed by atoms with Gasteiger partial charge in [-0.2, -0.15) is 0 Å². The Balaban J connectivity index is 1.83. The Bertz CT molecular complexity index is 1250. The molecule has 248 valence electrons. The fourth-order valence-corrected chi connectivity index (χ4v) is 6.27. The Morgan fingerprint density at radius 1 is 0.911 bits per heavy atom. The minimum atomic E-state index is -1.10. The zero-order valence-corrected chi connectivity index (χ0v) is 27.7. The molecule has 1 aliphatic heterocycles. The van der Waals surface area contributed by atoms with E-state index < -0.39 is 59.1 Å². The van der Waals surface area contributed by atoms with E-state index in [9.17, 15) is 28.8 Å². The fourth-order valence-electron chi connectivity index (χ4n) is 6.27. The molecule has 5 N–H and O–H groups in total. The van der Waals surface area contributed by atoms with Crippen molar-refractivity contribution in [2.75, 3.05) is 6.54 Å². The second-order valence-electron chi connectivity index (χ2n) is 14.4. The molecule has 0 aromatic heterocycles. The summed E-state index contributed by atoms with van der Waals surface area (Å²) in [6.07, 6.45) is 3.74. The van der Waals surface area contributed by atoms with Crippen molar-refractivity contribution < 1.29 is 28.8 Å². The topological polar surface area (TPSA) is 168 Å². The summed E-state index contributed by atoms with van der Waals surface area (Å²) in [5.41, 5.74) is 5.03. The first-order chi connectivity index (χ1) is 21.0. The molecule has 0 spiro atoms. The molecular weight excluding hydrogens is 574 g/mol. The largest absolute Gasteiger partial charge is 0.363 e. The Labute approximate surface area is 266 Å². The smallest absolute Gasteiger partial charge is 0.316 e. The van der Waals surface area contributed by atoms with Gasteiger partial charge < -0.3 is 26.6 Å². The molecule has 11 nitrogen and oxygen atoms in total. The first-order valence-corrected chi connectivity index (χ1v) is 16.1. The number of urea groups is 1. The van der Waals surface area contributed by atoms with Crippen LogP contribution in [0.25, 0.3) is 0 Å². The normalized spacial score (nSPS) is 20.6. The number of likely N-dealkylation sites (tertiary alicyclic amines) is 1. The van der Waals surface area contributed by atoms with Gasteiger partial charge in [-0.05, 0) is 41.9 Å². The lowest BCUT2D eigenvalue weighted by molar-refractivity contribution is -0.144. The van der Waals surface area contributed by atoms with E-state index in [1.807, 2.05) is 48.5 Å². The number of carbonyl (C=O) groups excluding carboxylic acids is 6. The van der Waals surface area contributed by atoms with E-state index in [1.54, 1.807) is 30.3 Å². The van der Waals surface area contributed by atoms with E-state index >= 15 is 0 Å². The van der Waals surface area contributed by atoms with Gasteiger partial charge in [0.15, 0.2) is 5.78 Å². The highest BCUT2D eigenvalue weighted by Gasteiger charge is 2.48. The number of carbonyl (C=O) groups is 6. The quantitative estimate of drug-likeness (QED) is 0.194. The van der Waals surface area contributed by atoms with Gasteiger partial charge in [-0.1, -0.05) is 98.1 Å². The summed E-state index contributed by atoms with van der Waals surface area (Å²) in [7, 11) is 0. The fraction of sp³-hybridized carbons (Fsp3) is 0.647. The van der Waals surface area contributed by atoms with Crippen molar-refractivity contribution in [3.05, 3.63) is 35.9 Å². The number of rotatable bonds is 13. The number of primary amides is 1. The van der Waals surface area contributed by atoms with E-state index in [2.05, 4.69) is 16.0 Å². The predicted octanol–water partition coefficient (Wildman–Crippen LogP) is 3.21. The summed E-state index contributed by atoms with van der Waals surface area (Å²) >= 11 is 0. The van der Waals surface area contributed by atoms with Crippen LogP contribution in [0.5, 0.6) is 0 Å². The van der Waals surface area contributed by atoms with E-state index in [0.29, 0.717) is 18.4 Å². The highest BCUT2D eigenvalue weighted by atomic mass is 16.2. The molecule has 2 aliphatic rings. The molecule has 1 saturated carbocycles. The maximum absolute atomic E-state index is 14.2. The SMILES string of the molecule is CC(C)C1CCN(C(=O)[C@@H](NC(=O)N[C@H](C(=O)c2ccccc2)C(C)C)C(C)(C)C)[C@@H]1C(=O)NC(CC1CCC1)C(=O)C(N)=O. The van der Waals surface area contributed by atoms with E-state index in [4.69, 9.17) is 5.73 Å². The van der Waals surface area contributed by atoms with Crippen LogP contribution in [0.1, 0.15) is 90.9 Å². The Morgan fingerprint density at radius 3 is 2.02 bits per heavy atom. The average molecular weight is 626 g/mol. The van der Waals surface area contributed by atoms with Gasteiger partial charge in [-0.3, -0.25) is 24.0 Å². The van der Waals surface area contributed by atoms with Gasteiger partial charge in [-0.15, -0.1) is 0 Å². The van der Waals surface area contributed by atoms with Gasteiger partial charge >= 0.3 is 6.03 Å². The lowest BCUT2D eigenvalue weighted by atomic mass is 9.80. The third-order valence-electron chi connectivity index (χ3n) is 9.20. The van der Waals surface area contributed by atoms with Crippen LogP contribution in [0.2, 0.25) is 0 Å². The molecule has 3 rings (SSSR count). The molecule has 2 fully saturated rings. The zero-order chi connectivity index (χ0) is 33.6. The van der Waals surface area contributed by atoms with Crippen LogP contribution >= 0.6 is 0 Å². The zero-order valence-electron chi connectivity index (χ0n) is 27.7. The number of benzene rings is 1. The number of hydrogen-bond donors (Lipinski definition) is 4. The maximum Gasteiger partial charge on any atom is 0.316 e. The van der Waals surface area contributed by atoms with E-state index in [-0.39, 0.29) is 36.0 Å². The number of nitrogens with zero attached hydrogens (tertiary/aromatic N) is 1. The summed E-state index contributed by atoms with van der Waals surface area (Å²) in [5, 5.41) is 8.35. The second kappa shape index (κ2) is 15.0. The van der Waals surface area contributed by atoms with Gasteiger partial charge in [0.1, 0.15) is 12.1 Å². The molecule has 1 aromatic rings. The lowest BCUT2D eigenvalue weighted by Gasteiger charge is -2.37. The first kappa shape index (κ1) is 35.7. The summed E-state index contributed by atoms with van der Waals surface area (Å²) in [5.74, 6) is -3.30. The van der Waals surface area contributed by atoms with Gasteiger partial charge in [0.25, 0.3) is 5.91 Å². The number of ketones is 2. The van der Waals surface area contributed by atoms with Crippen LogP contribution in [0, 0.1) is 29.1 Å². The molecule has 5 atom stereocenters. The second-order valence-corrected chi connectivity index (χ2v) is 14.4. The Hall–Kier alpha value is -3.76. The van der Waals surface area contributed by atoms with Gasteiger partial charge in [-0.25, -0.2) is 4.79 Å².